The Morgan fingerprint density at radius 2 is 1.84 bits per heavy atom. The second-order valence-corrected chi connectivity index (χ2v) is 5.86. The van der Waals surface area contributed by atoms with Gasteiger partial charge in [-0.2, -0.15) is 0 Å². The highest BCUT2D eigenvalue weighted by molar-refractivity contribution is 5.92. The Morgan fingerprint density at radius 1 is 1.28 bits per heavy atom. The normalized spacial score (nSPS) is 14.0. The first kappa shape index (κ1) is 22.3. The monoisotopic (exact) mass is 354 g/mol. The van der Waals surface area contributed by atoms with Crippen molar-refractivity contribution in [1.82, 2.24) is 5.32 Å². The van der Waals surface area contributed by atoms with Crippen molar-refractivity contribution < 1.29 is 33.8 Å². The minimum absolute atomic E-state index is 0.155. The third-order valence-corrected chi connectivity index (χ3v) is 2.48. The molecular weight excluding hydrogens is 332 g/mol. The lowest BCUT2D eigenvalue weighted by molar-refractivity contribution is -0.166. The highest BCUT2D eigenvalue weighted by atomic mass is 16.6. The molecule has 0 rings (SSSR count). The average Bonchev–Trinajstić information content (AvgIpc) is 2.44. The number of rotatable bonds is 6. The zero-order chi connectivity index (χ0) is 19.8. The van der Waals surface area contributed by atoms with Gasteiger partial charge >= 0.3 is 11.9 Å². The van der Waals surface area contributed by atoms with Gasteiger partial charge in [-0.15, -0.1) is 0 Å². The van der Waals surface area contributed by atoms with Gasteiger partial charge in [0.1, 0.15) is 17.1 Å². The summed E-state index contributed by atoms with van der Waals surface area (Å²) in [5, 5.41) is 11.4. The van der Waals surface area contributed by atoms with Gasteiger partial charge in [0.25, 0.3) is 5.72 Å². The maximum Gasteiger partial charge on any atom is 0.364 e. The number of nitrogens with two attached hydrogens (primary N) is 1. The van der Waals surface area contributed by atoms with Gasteiger partial charge in [0, 0.05) is 13.5 Å². The predicted molar refractivity (Wildman–Crippen MR) is 86.6 cm³/mol. The first-order valence-corrected chi connectivity index (χ1v) is 7.31. The van der Waals surface area contributed by atoms with E-state index in [0.29, 0.717) is 0 Å². The molecule has 0 fully saturated rings. The van der Waals surface area contributed by atoms with Crippen LogP contribution >= 0.6 is 0 Å². The topological polar surface area (TPSA) is 145 Å². The number of carboxylic acids is 1. The van der Waals surface area contributed by atoms with Crippen molar-refractivity contribution in [2.24, 2.45) is 5.73 Å². The highest BCUT2D eigenvalue weighted by Crippen LogP contribution is 2.17. The van der Waals surface area contributed by atoms with E-state index in [1.54, 1.807) is 20.8 Å². The molecule has 0 aliphatic rings. The summed E-state index contributed by atoms with van der Waals surface area (Å²) in [4.78, 5) is 45.9. The fourth-order valence-electron chi connectivity index (χ4n) is 1.62. The summed E-state index contributed by atoms with van der Waals surface area (Å²) in [6.45, 7) is 7.23. The molecule has 4 N–H and O–H groups in total. The van der Waals surface area contributed by atoms with Crippen molar-refractivity contribution in [2.45, 2.75) is 52.0 Å². The molecule has 0 aromatic rings. The van der Waals surface area contributed by atoms with E-state index in [1.807, 2.05) is 5.32 Å². The van der Waals surface area contributed by atoms with Gasteiger partial charge in [-0.1, -0.05) is 11.8 Å². The maximum atomic E-state index is 11.8. The van der Waals surface area contributed by atoms with Crippen molar-refractivity contribution in [2.75, 3.05) is 6.61 Å². The molecule has 9 heteroatoms. The first-order chi connectivity index (χ1) is 11.4. The zero-order valence-corrected chi connectivity index (χ0v) is 14.8. The van der Waals surface area contributed by atoms with Gasteiger partial charge < -0.3 is 25.6 Å². The van der Waals surface area contributed by atoms with E-state index < -0.39 is 40.8 Å². The van der Waals surface area contributed by atoms with Gasteiger partial charge in [0.15, 0.2) is 6.04 Å². The Morgan fingerprint density at radius 3 is 2.20 bits per heavy atom. The molecule has 0 aromatic carbocycles. The molecule has 0 saturated carbocycles. The summed E-state index contributed by atoms with van der Waals surface area (Å²) >= 11 is 0. The molecule has 0 spiro atoms. The molecule has 1 amide bonds. The molecule has 0 aromatic heterocycles. The smallest absolute Gasteiger partial charge is 0.364 e. The van der Waals surface area contributed by atoms with Crippen LogP contribution in [0.2, 0.25) is 0 Å². The maximum absolute atomic E-state index is 11.8. The Kier molecular flexibility index (Phi) is 8.03. The molecule has 0 heterocycles. The third-order valence-electron chi connectivity index (χ3n) is 2.48. The van der Waals surface area contributed by atoms with E-state index in [2.05, 4.69) is 11.8 Å². The summed E-state index contributed by atoms with van der Waals surface area (Å²) in [5.41, 5.74) is 1.49. The molecule has 2 unspecified atom stereocenters. The van der Waals surface area contributed by atoms with E-state index in [0.717, 1.165) is 6.92 Å². The molecule has 0 aliphatic carbocycles. The second-order valence-electron chi connectivity index (χ2n) is 5.86. The lowest BCUT2D eigenvalue weighted by atomic mass is 10.0. The van der Waals surface area contributed by atoms with Crippen LogP contribution in [0.15, 0.2) is 5.57 Å². The fourth-order valence-corrected chi connectivity index (χ4v) is 1.62. The molecular formula is C16H22N2O7. The third kappa shape index (κ3) is 6.77. The molecule has 0 aliphatic heterocycles. The van der Waals surface area contributed by atoms with Gasteiger partial charge in [-0.05, 0) is 27.7 Å². The highest BCUT2D eigenvalue weighted by Gasteiger charge is 2.45. The van der Waals surface area contributed by atoms with Crippen molar-refractivity contribution >= 4 is 23.8 Å². The number of aliphatic carboxylic acids is 1. The van der Waals surface area contributed by atoms with E-state index in [9.17, 15) is 24.3 Å². The van der Waals surface area contributed by atoms with Crippen LogP contribution in [0.3, 0.4) is 0 Å². The zero-order valence-electron chi connectivity index (χ0n) is 14.8. The Balaban J connectivity index is 5.76. The van der Waals surface area contributed by atoms with Gasteiger partial charge in [0.05, 0.1) is 0 Å². The number of esters is 1. The number of nitrogens with one attached hydrogen (secondary N) is 1. The van der Waals surface area contributed by atoms with Gasteiger partial charge in [0.2, 0.25) is 5.91 Å². The largest absolute Gasteiger partial charge is 0.477 e. The second kappa shape index (κ2) is 8.99. The molecule has 138 valence electrons. The Hall–Kier alpha value is -2.66. The number of carbonyl (C=O) groups is 3. The first-order valence-electron chi connectivity index (χ1n) is 7.31. The molecule has 0 bridgehead atoms. The standard InChI is InChI=1S/C16H22N2O7/c1-6-24-16(14(22)23,18-10(2)20)11(9-19)7-8-12(17)13(21)25-15(3,4)5/h12H,6,17H2,1-5H3,(H,18,20)(H,22,23). The summed E-state index contributed by atoms with van der Waals surface area (Å²) in [6.07, 6.45) is 0. The van der Waals surface area contributed by atoms with E-state index in [1.165, 1.54) is 12.9 Å². The van der Waals surface area contributed by atoms with Crippen LogP contribution in [-0.2, 0) is 28.7 Å². The summed E-state index contributed by atoms with van der Waals surface area (Å²) < 4.78 is 10.1. The Labute approximate surface area is 145 Å². The van der Waals surface area contributed by atoms with Crippen LogP contribution in [0.1, 0.15) is 34.6 Å². The van der Waals surface area contributed by atoms with Crippen LogP contribution < -0.4 is 11.1 Å². The lowest BCUT2D eigenvalue weighted by Gasteiger charge is -2.27. The van der Waals surface area contributed by atoms with Crippen LogP contribution in [0.5, 0.6) is 0 Å². The van der Waals surface area contributed by atoms with Crippen LogP contribution in [0, 0.1) is 11.8 Å². The number of hydrogen-bond acceptors (Lipinski definition) is 7. The average molecular weight is 354 g/mol. The number of carbonyl (C=O) groups excluding carboxylic acids is 3. The number of ether oxygens (including phenoxy) is 2. The van der Waals surface area contributed by atoms with E-state index in [4.69, 9.17) is 15.2 Å². The van der Waals surface area contributed by atoms with Crippen molar-refractivity contribution in [1.29, 1.82) is 0 Å². The van der Waals surface area contributed by atoms with Crippen LogP contribution in [0.25, 0.3) is 0 Å². The fraction of sp³-hybridized carbons (Fsp3) is 0.562. The minimum Gasteiger partial charge on any atom is -0.477 e. The summed E-state index contributed by atoms with van der Waals surface area (Å²) in [7, 11) is 0. The van der Waals surface area contributed by atoms with Gasteiger partial charge in [-0.25, -0.2) is 14.4 Å². The SMILES string of the molecule is CCOC(NC(C)=O)(C(=O)O)C(=C=O)C#CC(N)C(=O)OC(C)(C)C. The lowest BCUT2D eigenvalue weighted by Crippen LogP contribution is -2.57. The quantitative estimate of drug-likeness (QED) is 0.247. The summed E-state index contributed by atoms with van der Waals surface area (Å²) in [5.74, 6) is 2.36. The van der Waals surface area contributed by atoms with Crippen molar-refractivity contribution in [3.05, 3.63) is 5.57 Å². The van der Waals surface area contributed by atoms with Crippen molar-refractivity contribution in [3.63, 3.8) is 0 Å². The van der Waals surface area contributed by atoms with E-state index >= 15 is 0 Å². The molecule has 0 saturated heterocycles. The number of carboxylic acid groups (broad SMARTS) is 1. The molecule has 25 heavy (non-hydrogen) atoms. The number of hydrogen-bond donors (Lipinski definition) is 3. The van der Waals surface area contributed by atoms with E-state index in [-0.39, 0.29) is 6.61 Å². The van der Waals surface area contributed by atoms with Crippen molar-refractivity contribution in [3.8, 4) is 11.8 Å². The molecule has 2 atom stereocenters. The molecule has 0 radical (unpaired) electrons. The van der Waals surface area contributed by atoms with Crippen LogP contribution in [0.4, 0.5) is 0 Å². The predicted octanol–water partition coefficient (Wildman–Crippen LogP) is -0.630. The van der Waals surface area contributed by atoms with Gasteiger partial charge in [-0.3, -0.25) is 4.79 Å². The minimum atomic E-state index is -2.52. The Bertz CT molecular complexity index is 648. The summed E-state index contributed by atoms with van der Waals surface area (Å²) in [6, 6.07) is -1.44. The number of amides is 1. The van der Waals surface area contributed by atoms with Crippen LogP contribution in [-0.4, -0.2) is 52.9 Å². The molecule has 9 nitrogen and oxygen atoms in total.